The van der Waals surface area contributed by atoms with Crippen LogP contribution in [0.4, 0.5) is 0 Å². The standard InChI is InChI=1S/C12H16N2O/c1-8-10-5-4-9(15-3)6-11(10)14(2)12(8)7-13/h4-6H,7,13H2,1-3H3. The van der Waals surface area contributed by atoms with Crippen molar-refractivity contribution in [2.75, 3.05) is 7.11 Å². The largest absolute Gasteiger partial charge is 0.497 e. The Morgan fingerprint density at radius 2 is 2.13 bits per heavy atom. The summed E-state index contributed by atoms with van der Waals surface area (Å²) in [7, 11) is 3.72. The Morgan fingerprint density at radius 3 is 2.73 bits per heavy atom. The predicted molar refractivity (Wildman–Crippen MR) is 62.1 cm³/mol. The monoisotopic (exact) mass is 204 g/mol. The zero-order valence-electron chi connectivity index (χ0n) is 9.37. The first-order chi connectivity index (χ1) is 7.19. The molecule has 0 saturated carbocycles. The Kier molecular flexibility index (Phi) is 2.40. The van der Waals surface area contributed by atoms with Gasteiger partial charge in [0.1, 0.15) is 5.75 Å². The van der Waals surface area contributed by atoms with Gasteiger partial charge < -0.3 is 15.0 Å². The topological polar surface area (TPSA) is 40.2 Å². The number of fused-ring (bicyclic) bond motifs is 1. The highest BCUT2D eigenvalue weighted by Crippen LogP contribution is 2.27. The number of nitrogens with zero attached hydrogens (tertiary/aromatic N) is 1. The molecular weight excluding hydrogens is 188 g/mol. The van der Waals surface area contributed by atoms with E-state index in [9.17, 15) is 0 Å². The number of hydrogen-bond donors (Lipinski definition) is 1. The van der Waals surface area contributed by atoms with Gasteiger partial charge in [0.2, 0.25) is 0 Å². The fourth-order valence-electron chi connectivity index (χ4n) is 2.08. The molecule has 1 aromatic carbocycles. The summed E-state index contributed by atoms with van der Waals surface area (Å²) in [5.74, 6) is 0.881. The first-order valence-corrected chi connectivity index (χ1v) is 5.01. The molecule has 2 rings (SSSR count). The van der Waals surface area contributed by atoms with Crippen molar-refractivity contribution < 1.29 is 4.74 Å². The lowest BCUT2D eigenvalue weighted by molar-refractivity contribution is 0.415. The summed E-state index contributed by atoms with van der Waals surface area (Å²) >= 11 is 0. The van der Waals surface area contributed by atoms with Crippen LogP contribution in [0.25, 0.3) is 10.9 Å². The lowest BCUT2D eigenvalue weighted by Gasteiger charge is -2.02. The molecule has 80 valence electrons. The maximum Gasteiger partial charge on any atom is 0.120 e. The molecular formula is C12H16N2O. The summed E-state index contributed by atoms with van der Waals surface area (Å²) in [5, 5.41) is 1.25. The van der Waals surface area contributed by atoms with Crippen LogP contribution in [0.5, 0.6) is 5.75 Å². The van der Waals surface area contributed by atoms with E-state index in [1.807, 2.05) is 19.2 Å². The second kappa shape index (κ2) is 3.59. The van der Waals surface area contributed by atoms with Gasteiger partial charge in [-0.1, -0.05) is 0 Å². The van der Waals surface area contributed by atoms with Gasteiger partial charge in [-0.2, -0.15) is 0 Å². The summed E-state index contributed by atoms with van der Waals surface area (Å²) < 4.78 is 7.35. The maximum atomic E-state index is 5.73. The number of ether oxygens (including phenoxy) is 1. The minimum Gasteiger partial charge on any atom is -0.497 e. The van der Waals surface area contributed by atoms with E-state index >= 15 is 0 Å². The highest BCUT2D eigenvalue weighted by Gasteiger charge is 2.10. The molecule has 0 aliphatic carbocycles. The number of aryl methyl sites for hydroxylation is 2. The van der Waals surface area contributed by atoms with Crippen LogP contribution >= 0.6 is 0 Å². The number of hydrogen-bond acceptors (Lipinski definition) is 2. The van der Waals surface area contributed by atoms with Crippen molar-refractivity contribution in [2.45, 2.75) is 13.5 Å². The van der Waals surface area contributed by atoms with E-state index in [0.29, 0.717) is 6.54 Å². The van der Waals surface area contributed by atoms with Gasteiger partial charge in [-0.3, -0.25) is 0 Å². The van der Waals surface area contributed by atoms with Crippen molar-refractivity contribution in [1.29, 1.82) is 0 Å². The second-order valence-corrected chi connectivity index (χ2v) is 3.72. The summed E-state index contributed by atoms with van der Waals surface area (Å²) in [6.45, 7) is 2.68. The number of methoxy groups -OCH3 is 1. The molecule has 1 aromatic heterocycles. The van der Waals surface area contributed by atoms with Crippen LogP contribution in [0.3, 0.4) is 0 Å². The van der Waals surface area contributed by atoms with Crippen molar-refractivity contribution in [3.8, 4) is 5.75 Å². The van der Waals surface area contributed by atoms with E-state index in [0.717, 1.165) is 5.75 Å². The quantitative estimate of drug-likeness (QED) is 0.812. The molecule has 2 N–H and O–H groups in total. The predicted octanol–water partition coefficient (Wildman–Crippen LogP) is 1.95. The Hall–Kier alpha value is -1.48. The molecule has 0 aliphatic rings. The van der Waals surface area contributed by atoms with Gasteiger partial charge in [-0.15, -0.1) is 0 Å². The lowest BCUT2D eigenvalue weighted by atomic mass is 10.1. The van der Waals surface area contributed by atoms with Crippen LogP contribution in [0, 0.1) is 6.92 Å². The van der Waals surface area contributed by atoms with Gasteiger partial charge in [0, 0.05) is 30.7 Å². The molecule has 1 heterocycles. The zero-order valence-corrected chi connectivity index (χ0v) is 9.37. The van der Waals surface area contributed by atoms with E-state index < -0.39 is 0 Å². The van der Waals surface area contributed by atoms with Crippen LogP contribution in [0.15, 0.2) is 18.2 Å². The second-order valence-electron chi connectivity index (χ2n) is 3.72. The summed E-state index contributed by atoms with van der Waals surface area (Å²) in [6.07, 6.45) is 0. The van der Waals surface area contributed by atoms with Crippen molar-refractivity contribution in [2.24, 2.45) is 12.8 Å². The van der Waals surface area contributed by atoms with Crippen molar-refractivity contribution in [3.05, 3.63) is 29.5 Å². The highest BCUT2D eigenvalue weighted by atomic mass is 16.5. The first kappa shape index (κ1) is 10.1. The van der Waals surface area contributed by atoms with E-state index in [2.05, 4.69) is 17.6 Å². The molecule has 0 unspecified atom stereocenters. The van der Waals surface area contributed by atoms with E-state index in [1.54, 1.807) is 7.11 Å². The lowest BCUT2D eigenvalue weighted by Crippen LogP contribution is -2.04. The smallest absolute Gasteiger partial charge is 0.120 e. The molecule has 0 bridgehead atoms. The number of benzene rings is 1. The van der Waals surface area contributed by atoms with Crippen LogP contribution in [0.2, 0.25) is 0 Å². The number of nitrogens with two attached hydrogens (primary N) is 1. The first-order valence-electron chi connectivity index (χ1n) is 5.01. The zero-order chi connectivity index (χ0) is 11.0. The average Bonchev–Trinajstić information content (AvgIpc) is 2.51. The molecule has 2 aromatic rings. The third kappa shape index (κ3) is 1.39. The molecule has 3 heteroatoms. The number of aromatic nitrogens is 1. The summed E-state index contributed by atoms with van der Waals surface area (Å²) in [4.78, 5) is 0. The summed E-state index contributed by atoms with van der Waals surface area (Å²) in [6, 6.07) is 6.11. The molecule has 0 radical (unpaired) electrons. The molecule has 0 fully saturated rings. The third-order valence-corrected chi connectivity index (χ3v) is 3.00. The Labute approximate surface area is 89.4 Å². The normalized spacial score (nSPS) is 10.9. The van der Waals surface area contributed by atoms with Crippen LogP contribution in [-0.2, 0) is 13.6 Å². The molecule has 0 atom stereocenters. The van der Waals surface area contributed by atoms with E-state index in [4.69, 9.17) is 10.5 Å². The van der Waals surface area contributed by atoms with Gasteiger partial charge in [-0.25, -0.2) is 0 Å². The SMILES string of the molecule is COc1ccc2c(C)c(CN)n(C)c2c1. The Morgan fingerprint density at radius 1 is 1.40 bits per heavy atom. The van der Waals surface area contributed by atoms with E-state index in [1.165, 1.54) is 22.2 Å². The third-order valence-electron chi connectivity index (χ3n) is 3.00. The van der Waals surface area contributed by atoms with Crippen molar-refractivity contribution in [3.63, 3.8) is 0 Å². The molecule has 3 nitrogen and oxygen atoms in total. The van der Waals surface area contributed by atoms with Gasteiger partial charge >= 0.3 is 0 Å². The minimum absolute atomic E-state index is 0.569. The number of rotatable bonds is 2. The van der Waals surface area contributed by atoms with Crippen LogP contribution < -0.4 is 10.5 Å². The molecule has 0 amide bonds. The van der Waals surface area contributed by atoms with Gasteiger partial charge in [0.15, 0.2) is 0 Å². The maximum absolute atomic E-state index is 5.73. The minimum atomic E-state index is 0.569. The van der Waals surface area contributed by atoms with Crippen LogP contribution in [-0.4, -0.2) is 11.7 Å². The fraction of sp³-hybridized carbons (Fsp3) is 0.333. The van der Waals surface area contributed by atoms with E-state index in [-0.39, 0.29) is 0 Å². The van der Waals surface area contributed by atoms with Gasteiger partial charge in [0.25, 0.3) is 0 Å². The molecule has 0 saturated heterocycles. The Bertz CT molecular complexity index is 500. The molecule has 0 aliphatic heterocycles. The Balaban J connectivity index is 2.77. The van der Waals surface area contributed by atoms with Crippen LogP contribution in [0.1, 0.15) is 11.3 Å². The highest BCUT2D eigenvalue weighted by molar-refractivity contribution is 5.86. The van der Waals surface area contributed by atoms with Gasteiger partial charge in [0.05, 0.1) is 12.6 Å². The van der Waals surface area contributed by atoms with Crippen molar-refractivity contribution in [1.82, 2.24) is 4.57 Å². The van der Waals surface area contributed by atoms with Crippen molar-refractivity contribution >= 4 is 10.9 Å². The van der Waals surface area contributed by atoms with Gasteiger partial charge in [-0.05, 0) is 24.6 Å². The fourth-order valence-corrected chi connectivity index (χ4v) is 2.08. The molecule has 15 heavy (non-hydrogen) atoms. The summed E-state index contributed by atoms with van der Waals surface area (Å²) in [5.41, 5.74) is 9.35. The molecule has 0 spiro atoms. The average molecular weight is 204 g/mol.